The summed E-state index contributed by atoms with van der Waals surface area (Å²) in [7, 11) is 0. The number of pyridine rings is 1. The van der Waals surface area contributed by atoms with Gasteiger partial charge in [0, 0.05) is 37.8 Å². The highest BCUT2D eigenvalue weighted by Gasteiger charge is 2.40. The van der Waals surface area contributed by atoms with Gasteiger partial charge in [-0.1, -0.05) is 23.8 Å². The number of carbonyl (C=O) groups is 1. The molecule has 0 saturated carbocycles. The summed E-state index contributed by atoms with van der Waals surface area (Å²) < 4.78 is 0. The average molecular weight is 365 g/mol. The number of likely N-dealkylation sites (tertiary alicyclic amines) is 1. The van der Waals surface area contributed by atoms with Crippen LogP contribution in [-0.4, -0.2) is 47.0 Å². The monoisotopic (exact) mass is 365 g/mol. The maximum absolute atomic E-state index is 12.3. The summed E-state index contributed by atoms with van der Waals surface area (Å²) in [5.41, 5.74) is 5.13. The Labute approximate surface area is 158 Å². The van der Waals surface area contributed by atoms with E-state index in [1.54, 1.807) is 6.20 Å². The maximum atomic E-state index is 12.3. The van der Waals surface area contributed by atoms with Crippen LogP contribution in [0.4, 0.5) is 5.69 Å². The third-order valence-corrected chi connectivity index (χ3v) is 4.90. The molecule has 7 heteroatoms. The normalized spacial score (nSPS) is 18.8. The van der Waals surface area contributed by atoms with Gasteiger partial charge in [-0.05, 0) is 31.2 Å². The predicted molar refractivity (Wildman–Crippen MR) is 103 cm³/mol. The molecule has 7 nitrogen and oxygen atoms in total. The molecule has 1 spiro atoms. The van der Waals surface area contributed by atoms with Crippen molar-refractivity contribution >= 4 is 17.4 Å². The Bertz CT molecular complexity index is 827. The second-order valence-corrected chi connectivity index (χ2v) is 7.02. The number of hydrogen-bond donors (Lipinski definition) is 2. The van der Waals surface area contributed by atoms with E-state index in [9.17, 15) is 4.79 Å². The molecule has 0 unspecified atom stereocenters. The lowest BCUT2D eigenvalue weighted by molar-refractivity contribution is -0.120. The standard InChI is InChI=1S/C20H23N5O2/c1-15-5-7-16(8-6-15)22-18(26)14-25-12-9-20(10-13-25)23-19(24-27-20)17-4-2-3-11-21-17/h2-8,11H,9-10,12-14H2,1H3,(H,22,26)(H,23,24). The maximum Gasteiger partial charge on any atom is 0.238 e. The van der Waals surface area contributed by atoms with Crippen LogP contribution in [-0.2, 0) is 9.63 Å². The Morgan fingerprint density at radius 2 is 2.00 bits per heavy atom. The van der Waals surface area contributed by atoms with Crippen molar-refractivity contribution in [3.05, 3.63) is 59.9 Å². The molecule has 1 fully saturated rings. The van der Waals surface area contributed by atoms with E-state index in [4.69, 9.17) is 9.83 Å². The zero-order valence-corrected chi connectivity index (χ0v) is 15.3. The van der Waals surface area contributed by atoms with Gasteiger partial charge in [-0.15, -0.1) is 0 Å². The number of rotatable bonds is 4. The first-order valence-electron chi connectivity index (χ1n) is 9.16. The zero-order chi connectivity index (χ0) is 18.7. The van der Waals surface area contributed by atoms with Crippen LogP contribution < -0.4 is 10.8 Å². The van der Waals surface area contributed by atoms with Gasteiger partial charge in [0.05, 0.1) is 6.54 Å². The lowest BCUT2D eigenvalue weighted by Crippen LogP contribution is -2.46. The minimum absolute atomic E-state index is 0.00190. The molecule has 1 amide bonds. The Hall–Kier alpha value is -2.77. The lowest BCUT2D eigenvalue weighted by Gasteiger charge is -2.35. The molecule has 4 rings (SSSR count). The van der Waals surface area contributed by atoms with Crippen molar-refractivity contribution in [2.45, 2.75) is 25.5 Å². The van der Waals surface area contributed by atoms with Crippen LogP contribution >= 0.6 is 0 Å². The Morgan fingerprint density at radius 1 is 1.22 bits per heavy atom. The first kappa shape index (κ1) is 17.6. The number of piperidine rings is 1. The van der Waals surface area contributed by atoms with E-state index in [0.717, 1.165) is 37.3 Å². The van der Waals surface area contributed by atoms with E-state index < -0.39 is 5.72 Å². The largest absolute Gasteiger partial charge is 0.325 e. The number of benzene rings is 1. The fourth-order valence-corrected chi connectivity index (χ4v) is 3.32. The van der Waals surface area contributed by atoms with Crippen LogP contribution in [0.1, 0.15) is 24.1 Å². The van der Waals surface area contributed by atoms with Crippen LogP contribution in [0.25, 0.3) is 0 Å². The van der Waals surface area contributed by atoms with E-state index in [-0.39, 0.29) is 5.91 Å². The first-order valence-corrected chi connectivity index (χ1v) is 9.16. The summed E-state index contributed by atoms with van der Waals surface area (Å²) in [5, 5.41) is 2.95. The van der Waals surface area contributed by atoms with E-state index in [1.165, 1.54) is 5.56 Å². The number of hydroxylamine groups is 1. The van der Waals surface area contributed by atoms with Crippen LogP contribution in [0.5, 0.6) is 0 Å². The lowest BCUT2D eigenvalue weighted by atomic mass is 10.0. The molecular weight excluding hydrogens is 342 g/mol. The van der Waals surface area contributed by atoms with Gasteiger partial charge < -0.3 is 5.32 Å². The molecule has 2 aliphatic rings. The van der Waals surface area contributed by atoms with E-state index >= 15 is 0 Å². The second-order valence-electron chi connectivity index (χ2n) is 7.02. The van der Waals surface area contributed by atoms with Crippen molar-refractivity contribution in [3.63, 3.8) is 0 Å². The second kappa shape index (κ2) is 7.46. The van der Waals surface area contributed by atoms with E-state index in [1.807, 2.05) is 49.4 Å². The first-order chi connectivity index (χ1) is 13.1. The fraction of sp³-hybridized carbons (Fsp3) is 0.350. The minimum Gasteiger partial charge on any atom is -0.325 e. The van der Waals surface area contributed by atoms with Gasteiger partial charge >= 0.3 is 0 Å². The van der Waals surface area contributed by atoms with Gasteiger partial charge in [-0.2, -0.15) is 0 Å². The molecule has 27 heavy (non-hydrogen) atoms. The number of aliphatic imine (C=N–C) groups is 1. The summed E-state index contributed by atoms with van der Waals surface area (Å²) in [4.78, 5) is 29.2. The Kier molecular flexibility index (Phi) is 4.87. The number of amidine groups is 1. The van der Waals surface area contributed by atoms with Gasteiger partial charge in [0.1, 0.15) is 5.69 Å². The van der Waals surface area contributed by atoms with Crippen molar-refractivity contribution < 1.29 is 9.63 Å². The highest BCUT2D eigenvalue weighted by atomic mass is 16.7. The molecule has 3 heterocycles. The van der Waals surface area contributed by atoms with Crippen molar-refractivity contribution in [3.8, 4) is 0 Å². The highest BCUT2D eigenvalue weighted by Crippen LogP contribution is 2.30. The summed E-state index contributed by atoms with van der Waals surface area (Å²) in [6, 6.07) is 13.5. The summed E-state index contributed by atoms with van der Waals surface area (Å²) in [6.45, 7) is 3.90. The molecule has 0 bridgehead atoms. The van der Waals surface area contributed by atoms with Crippen LogP contribution in [0.3, 0.4) is 0 Å². The molecule has 0 radical (unpaired) electrons. The quantitative estimate of drug-likeness (QED) is 0.868. The average Bonchev–Trinajstić information content (AvgIpc) is 3.10. The van der Waals surface area contributed by atoms with Gasteiger partial charge in [-0.3, -0.25) is 14.7 Å². The number of amides is 1. The van der Waals surface area contributed by atoms with Crippen LogP contribution in [0.2, 0.25) is 0 Å². The van der Waals surface area contributed by atoms with Crippen molar-refractivity contribution in [2.75, 3.05) is 25.0 Å². The number of nitrogens with one attached hydrogen (secondary N) is 2. The van der Waals surface area contributed by atoms with Gasteiger partial charge in [-0.25, -0.2) is 15.3 Å². The topological polar surface area (TPSA) is 78.9 Å². The molecule has 1 saturated heterocycles. The number of nitrogens with zero attached hydrogens (tertiary/aromatic N) is 3. The molecule has 2 aromatic rings. The van der Waals surface area contributed by atoms with Crippen molar-refractivity contribution in [2.24, 2.45) is 4.99 Å². The van der Waals surface area contributed by atoms with Gasteiger partial charge in [0.15, 0.2) is 11.6 Å². The van der Waals surface area contributed by atoms with Gasteiger partial charge in [0.2, 0.25) is 5.91 Å². The molecule has 0 aliphatic carbocycles. The molecule has 0 atom stereocenters. The zero-order valence-electron chi connectivity index (χ0n) is 15.3. The van der Waals surface area contributed by atoms with Crippen LogP contribution in [0.15, 0.2) is 53.7 Å². The number of aromatic nitrogens is 1. The van der Waals surface area contributed by atoms with E-state index in [0.29, 0.717) is 12.4 Å². The minimum atomic E-state index is -0.559. The number of hydrogen-bond acceptors (Lipinski definition) is 6. The summed E-state index contributed by atoms with van der Waals surface area (Å²) >= 11 is 0. The molecule has 2 N–H and O–H groups in total. The molecular formula is C20H23N5O2. The number of aryl methyl sites for hydroxylation is 1. The van der Waals surface area contributed by atoms with Gasteiger partial charge in [0.25, 0.3) is 0 Å². The molecule has 2 aliphatic heterocycles. The third-order valence-electron chi connectivity index (χ3n) is 4.90. The molecule has 1 aromatic heterocycles. The highest BCUT2D eigenvalue weighted by molar-refractivity contribution is 5.97. The number of carbonyl (C=O) groups excluding carboxylic acids is 1. The van der Waals surface area contributed by atoms with E-state index in [2.05, 4.69) is 20.7 Å². The summed E-state index contributed by atoms with van der Waals surface area (Å²) in [5.74, 6) is 0.666. The van der Waals surface area contributed by atoms with Crippen molar-refractivity contribution in [1.82, 2.24) is 15.4 Å². The predicted octanol–water partition coefficient (Wildman–Crippen LogP) is 2.10. The number of anilines is 1. The SMILES string of the molecule is Cc1ccc(NC(=O)CN2CCC3(CC2)N=C(c2ccccn2)NO3)cc1. The van der Waals surface area contributed by atoms with Crippen molar-refractivity contribution in [1.29, 1.82) is 0 Å². The smallest absolute Gasteiger partial charge is 0.238 e. The summed E-state index contributed by atoms with van der Waals surface area (Å²) in [6.07, 6.45) is 3.20. The Morgan fingerprint density at radius 3 is 2.70 bits per heavy atom. The fourth-order valence-electron chi connectivity index (χ4n) is 3.32. The van der Waals surface area contributed by atoms with Crippen LogP contribution in [0, 0.1) is 6.92 Å². The Balaban J connectivity index is 1.31. The molecule has 1 aromatic carbocycles. The molecule has 140 valence electrons. The third kappa shape index (κ3) is 4.15.